The number of amides is 1. The summed E-state index contributed by atoms with van der Waals surface area (Å²) < 4.78 is 11.2. The highest BCUT2D eigenvalue weighted by Gasteiger charge is 2.46. The van der Waals surface area contributed by atoms with E-state index in [1.165, 1.54) is 0 Å². The van der Waals surface area contributed by atoms with E-state index in [1.807, 2.05) is 25.1 Å². The third kappa shape index (κ3) is 5.92. The van der Waals surface area contributed by atoms with E-state index in [-0.39, 0.29) is 11.3 Å². The molecule has 1 atom stereocenters. The molecule has 1 unspecified atom stereocenters. The number of ether oxygens (including phenoxy) is 2. The Hall–Kier alpha value is -3.58. The Balaban J connectivity index is 2.07. The topological polar surface area (TPSA) is 79.3 Å². The fraction of sp³-hybridized carbons (Fsp3) is 0.357. The summed E-state index contributed by atoms with van der Waals surface area (Å²) in [7, 11) is 0. The Labute approximate surface area is 207 Å². The van der Waals surface area contributed by atoms with Gasteiger partial charge in [0.15, 0.2) is 0 Å². The lowest BCUT2D eigenvalue weighted by molar-refractivity contribution is -0.140. The zero-order chi connectivity index (χ0) is 25.4. The highest BCUT2D eigenvalue weighted by molar-refractivity contribution is 6.46. The van der Waals surface area contributed by atoms with E-state index in [0.29, 0.717) is 48.9 Å². The summed E-state index contributed by atoms with van der Waals surface area (Å²) in [6, 6.07) is 13.4. The summed E-state index contributed by atoms with van der Waals surface area (Å²) in [4.78, 5) is 30.1. The lowest BCUT2D eigenvalue weighted by atomic mass is 9.95. The molecule has 2 aromatic carbocycles. The van der Waals surface area contributed by atoms with Crippen LogP contribution >= 0.6 is 0 Å². The summed E-state index contributed by atoms with van der Waals surface area (Å²) in [5.74, 6) is -0.269. The van der Waals surface area contributed by atoms with Crippen molar-refractivity contribution in [3.63, 3.8) is 0 Å². The van der Waals surface area contributed by atoms with Gasteiger partial charge in [-0.3, -0.25) is 9.59 Å². The van der Waals surface area contributed by atoms with E-state index >= 15 is 0 Å². The molecule has 3 rings (SSSR count). The van der Waals surface area contributed by atoms with Crippen LogP contribution in [0.15, 0.2) is 66.8 Å². The minimum Gasteiger partial charge on any atom is -0.507 e. The van der Waals surface area contributed by atoms with Gasteiger partial charge < -0.3 is 24.4 Å². The summed E-state index contributed by atoms with van der Waals surface area (Å²) in [5, 5.41) is 11.2. The third-order valence-corrected chi connectivity index (χ3v) is 6.07. The molecular formula is C28H34N2O5. The number of carbonyl (C=O) groups is 2. The molecule has 1 aliphatic heterocycles. The molecule has 0 aromatic heterocycles. The molecule has 0 spiro atoms. The van der Waals surface area contributed by atoms with Gasteiger partial charge in [-0.15, -0.1) is 0 Å². The van der Waals surface area contributed by atoms with Crippen LogP contribution < -0.4 is 9.47 Å². The predicted molar refractivity (Wildman–Crippen MR) is 137 cm³/mol. The van der Waals surface area contributed by atoms with E-state index < -0.39 is 17.7 Å². The number of rotatable bonds is 12. The lowest BCUT2D eigenvalue weighted by Crippen LogP contribution is -2.38. The minimum atomic E-state index is -0.732. The van der Waals surface area contributed by atoms with Crippen molar-refractivity contribution in [3.05, 3.63) is 77.9 Å². The number of ketones is 1. The van der Waals surface area contributed by atoms with Gasteiger partial charge in [0.05, 0.1) is 18.2 Å². The average Bonchev–Trinajstić information content (AvgIpc) is 3.13. The van der Waals surface area contributed by atoms with E-state index in [2.05, 4.69) is 25.3 Å². The van der Waals surface area contributed by atoms with Crippen LogP contribution in [0.5, 0.6) is 11.5 Å². The van der Waals surface area contributed by atoms with Gasteiger partial charge in [-0.05, 0) is 62.0 Å². The number of Topliss-reactive ketones (excluding diaryl/α,β-unsaturated/α-hetero) is 1. The molecule has 1 N–H and O–H groups in total. The average molecular weight is 479 g/mol. The number of aliphatic hydroxyl groups is 1. The van der Waals surface area contributed by atoms with Crippen molar-refractivity contribution < 1.29 is 24.2 Å². The van der Waals surface area contributed by atoms with Crippen molar-refractivity contribution >= 4 is 17.4 Å². The summed E-state index contributed by atoms with van der Waals surface area (Å²) >= 11 is 0. The van der Waals surface area contributed by atoms with Crippen LogP contribution in [0, 0.1) is 0 Å². The molecule has 1 heterocycles. The standard InChI is InChI=1S/C28H34N2O5/c1-5-18-35-23-11-9-10-21(19-23)25-24(26(31)20-12-14-22(15-13-20)34-8-4)27(32)28(33)30(25)17-16-29(6-2)7-3/h5,9-15,19,25,31H,1,6-8,16-18H2,2-4H3/b26-24+. The number of nitrogens with zero attached hydrogens (tertiary/aromatic N) is 2. The minimum absolute atomic E-state index is 0.0691. The second-order valence-corrected chi connectivity index (χ2v) is 8.15. The monoisotopic (exact) mass is 478 g/mol. The molecule has 35 heavy (non-hydrogen) atoms. The van der Waals surface area contributed by atoms with Crippen molar-refractivity contribution in [1.82, 2.24) is 9.80 Å². The Morgan fingerprint density at radius 3 is 2.40 bits per heavy atom. The van der Waals surface area contributed by atoms with E-state index in [4.69, 9.17) is 9.47 Å². The van der Waals surface area contributed by atoms with Gasteiger partial charge in [0.1, 0.15) is 23.9 Å². The maximum Gasteiger partial charge on any atom is 0.295 e. The van der Waals surface area contributed by atoms with E-state index in [0.717, 1.165) is 13.1 Å². The first-order chi connectivity index (χ1) is 16.9. The van der Waals surface area contributed by atoms with Gasteiger partial charge >= 0.3 is 0 Å². The maximum absolute atomic E-state index is 13.2. The number of benzene rings is 2. The fourth-order valence-electron chi connectivity index (χ4n) is 4.21. The van der Waals surface area contributed by atoms with Gasteiger partial charge in [0.25, 0.3) is 11.7 Å². The smallest absolute Gasteiger partial charge is 0.295 e. The first-order valence-electron chi connectivity index (χ1n) is 12.0. The molecule has 2 aromatic rings. The first-order valence-corrected chi connectivity index (χ1v) is 12.0. The van der Waals surface area contributed by atoms with Crippen molar-refractivity contribution in [2.45, 2.75) is 26.8 Å². The van der Waals surface area contributed by atoms with Crippen molar-refractivity contribution in [2.75, 3.05) is 39.4 Å². The highest BCUT2D eigenvalue weighted by atomic mass is 16.5. The number of likely N-dealkylation sites (N-methyl/N-ethyl adjacent to an activating group) is 1. The fourth-order valence-corrected chi connectivity index (χ4v) is 4.21. The van der Waals surface area contributed by atoms with E-state index in [9.17, 15) is 14.7 Å². The van der Waals surface area contributed by atoms with Crippen LogP contribution in [-0.2, 0) is 9.59 Å². The predicted octanol–water partition coefficient (Wildman–Crippen LogP) is 4.41. The summed E-state index contributed by atoms with van der Waals surface area (Å²) in [5.41, 5.74) is 1.21. The summed E-state index contributed by atoms with van der Waals surface area (Å²) in [6.07, 6.45) is 1.65. The SMILES string of the molecule is C=CCOc1cccc(C2/C(=C(\O)c3ccc(OCC)cc3)C(=O)C(=O)N2CCN(CC)CC)c1. The van der Waals surface area contributed by atoms with Crippen LogP contribution in [0.4, 0.5) is 0 Å². The molecule has 0 radical (unpaired) electrons. The van der Waals surface area contributed by atoms with Crippen LogP contribution in [0.3, 0.4) is 0 Å². The molecule has 1 aliphatic rings. The Morgan fingerprint density at radius 2 is 1.77 bits per heavy atom. The highest BCUT2D eigenvalue weighted by Crippen LogP contribution is 2.40. The molecule has 1 saturated heterocycles. The Kier molecular flexibility index (Phi) is 9.09. The van der Waals surface area contributed by atoms with Gasteiger partial charge in [-0.2, -0.15) is 0 Å². The second-order valence-electron chi connectivity index (χ2n) is 8.15. The normalized spacial score (nSPS) is 17.1. The van der Waals surface area contributed by atoms with Gasteiger partial charge in [-0.1, -0.05) is 38.6 Å². The van der Waals surface area contributed by atoms with Crippen molar-refractivity contribution in [1.29, 1.82) is 0 Å². The van der Waals surface area contributed by atoms with Gasteiger partial charge in [-0.25, -0.2) is 0 Å². The molecular weight excluding hydrogens is 444 g/mol. The third-order valence-electron chi connectivity index (χ3n) is 6.07. The van der Waals surface area contributed by atoms with Crippen molar-refractivity contribution in [3.8, 4) is 11.5 Å². The number of hydrogen-bond acceptors (Lipinski definition) is 6. The van der Waals surface area contributed by atoms with E-state index in [1.54, 1.807) is 41.3 Å². The molecule has 7 nitrogen and oxygen atoms in total. The Bertz CT molecular complexity index is 1070. The van der Waals surface area contributed by atoms with Crippen LogP contribution in [0.1, 0.15) is 37.9 Å². The molecule has 0 aliphatic carbocycles. The molecule has 1 fully saturated rings. The van der Waals surface area contributed by atoms with Gasteiger partial charge in [0, 0.05) is 18.7 Å². The van der Waals surface area contributed by atoms with Crippen LogP contribution in [0.25, 0.3) is 5.76 Å². The zero-order valence-corrected chi connectivity index (χ0v) is 20.7. The number of aliphatic hydroxyl groups excluding tert-OH is 1. The molecule has 186 valence electrons. The molecule has 7 heteroatoms. The zero-order valence-electron chi connectivity index (χ0n) is 20.7. The van der Waals surface area contributed by atoms with Crippen molar-refractivity contribution in [2.24, 2.45) is 0 Å². The quantitative estimate of drug-likeness (QED) is 0.211. The number of carbonyl (C=O) groups excluding carboxylic acids is 2. The molecule has 0 bridgehead atoms. The number of likely N-dealkylation sites (tertiary alicyclic amines) is 1. The van der Waals surface area contributed by atoms with Crippen LogP contribution in [0.2, 0.25) is 0 Å². The van der Waals surface area contributed by atoms with Crippen LogP contribution in [-0.4, -0.2) is 66.0 Å². The second kappa shape index (κ2) is 12.2. The van der Waals surface area contributed by atoms with Gasteiger partial charge in [0.2, 0.25) is 0 Å². The molecule has 1 amide bonds. The molecule has 0 saturated carbocycles. The largest absolute Gasteiger partial charge is 0.507 e. The Morgan fingerprint density at radius 1 is 1.06 bits per heavy atom. The summed E-state index contributed by atoms with van der Waals surface area (Å²) in [6.45, 7) is 13.2. The maximum atomic E-state index is 13.2. The lowest BCUT2D eigenvalue weighted by Gasteiger charge is -2.28. The number of hydrogen-bond donors (Lipinski definition) is 1. The first kappa shape index (κ1) is 26.0.